The minimum Gasteiger partial charge on any atom is -0.306 e. The molecule has 0 amide bonds. The van der Waals surface area contributed by atoms with Gasteiger partial charge in [-0.3, -0.25) is 0 Å². The van der Waals surface area contributed by atoms with Gasteiger partial charge in [0.1, 0.15) is 6.33 Å². The van der Waals surface area contributed by atoms with Crippen LogP contribution in [0.1, 0.15) is 24.1 Å². The van der Waals surface area contributed by atoms with Gasteiger partial charge in [0.05, 0.1) is 6.04 Å². The molecule has 2 rings (SSSR count). The number of halogens is 2. The quantitative estimate of drug-likeness (QED) is 0.933. The summed E-state index contributed by atoms with van der Waals surface area (Å²) in [5.41, 5.74) is 2.03. The van der Waals surface area contributed by atoms with Crippen molar-refractivity contribution in [2.24, 2.45) is 0 Å². The van der Waals surface area contributed by atoms with Crippen molar-refractivity contribution < 1.29 is 0 Å². The third kappa shape index (κ3) is 3.07. The molecule has 0 radical (unpaired) electrons. The van der Waals surface area contributed by atoms with Crippen molar-refractivity contribution in [2.45, 2.75) is 13.0 Å². The number of nitrogens with one attached hydrogen (secondary N) is 1. The normalized spacial score (nSPS) is 12.4. The van der Waals surface area contributed by atoms with Crippen molar-refractivity contribution in [3.8, 4) is 0 Å². The van der Waals surface area contributed by atoms with Crippen LogP contribution in [0.5, 0.6) is 0 Å². The molecule has 2 aromatic rings. The Bertz CT molecular complexity index is 519. The summed E-state index contributed by atoms with van der Waals surface area (Å²) < 4.78 is 0.968. The lowest BCUT2D eigenvalue weighted by atomic mass is 10.0. The Morgan fingerprint density at radius 2 is 2.06 bits per heavy atom. The Kier molecular flexibility index (Phi) is 4.69. The van der Waals surface area contributed by atoms with E-state index in [0.717, 1.165) is 27.2 Å². The molecule has 3 nitrogen and oxygen atoms in total. The van der Waals surface area contributed by atoms with Gasteiger partial charge >= 0.3 is 0 Å². The average Bonchev–Trinajstić information content (AvgIpc) is 2.38. The van der Waals surface area contributed by atoms with Gasteiger partial charge in [-0.1, -0.05) is 40.5 Å². The number of aromatic nitrogens is 2. The Balaban J connectivity index is 2.41. The molecular weight excluding hydrogens is 314 g/mol. The molecule has 1 aromatic heterocycles. The maximum Gasteiger partial charge on any atom is 0.115 e. The van der Waals surface area contributed by atoms with E-state index in [1.54, 1.807) is 12.4 Å². The van der Waals surface area contributed by atoms with Crippen LogP contribution in [0.2, 0.25) is 5.02 Å². The number of benzene rings is 1. The molecule has 18 heavy (non-hydrogen) atoms. The molecule has 0 fully saturated rings. The van der Waals surface area contributed by atoms with Crippen LogP contribution in [0.15, 0.2) is 41.4 Å². The van der Waals surface area contributed by atoms with Crippen molar-refractivity contribution >= 4 is 27.5 Å². The minimum atomic E-state index is 0.0109. The standard InChI is InChI=1S/C13H13BrClN3/c1-2-18-13(9-6-16-8-17-7-9)11-4-3-10(14)5-12(11)15/h3-8,13,18H,2H2,1H3. The van der Waals surface area contributed by atoms with Gasteiger partial charge in [-0.2, -0.15) is 0 Å². The third-order valence-electron chi connectivity index (χ3n) is 2.60. The zero-order chi connectivity index (χ0) is 13.0. The van der Waals surface area contributed by atoms with E-state index in [1.165, 1.54) is 6.33 Å². The molecule has 0 aliphatic heterocycles. The molecule has 1 aromatic carbocycles. The van der Waals surface area contributed by atoms with E-state index in [0.29, 0.717) is 0 Å². The van der Waals surface area contributed by atoms with Gasteiger partial charge in [0.2, 0.25) is 0 Å². The van der Waals surface area contributed by atoms with Crippen LogP contribution in [-0.4, -0.2) is 16.5 Å². The van der Waals surface area contributed by atoms with Gasteiger partial charge in [-0.15, -0.1) is 0 Å². The lowest BCUT2D eigenvalue weighted by Gasteiger charge is -2.19. The van der Waals surface area contributed by atoms with Crippen LogP contribution in [0.4, 0.5) is 0 Å². The van der Waals surface area contributed by atoms with E-state index in [2.05, 4.69) is 38.1 Å². The van der Waals surface area contributed by atoms with Crippen LogP contribution in [-0.2, 0) is 0 Å². The summed E-state index contributed by atoms with van der Waals surface area (Å²) in [7, 11) is 0. The molecule has 0 saturated carbocycles. The van der Waals surface area contributed by atoms with Crippen LogP contribution in [0, 0.1) is 0 Å². The van der Waals surface area contributed by atoms with Crippen LogP contribution < -0.4 is 5.32 Å². The van der Waals surface area contributed by atoms with E-state index in [9.17, 15) is 0 Å². The Labute approximate surface area is 120 Å². The summed E-state index contributed by atoms with van der Waals surface area (Å²) in [5.74, 6) is 0. The fourth-order valence-electron chi connectivity index (χ4n) is 1.81. The van der Waals surface area contributed by atoms with Gasteiger partial charge in [0, 0.05) is 27.5 Å². The van der Waals surface area contributed by atoms with Crippen molar-refractivity contribution in [3.05, 3.63) is 57.5 Å². The second-order valence-corrected chi connectivity index (χ2v) is 5.15. The molecule has 5 heteroatoms. The topological polar surface area (TPSA) is 37.8 Å². The molecule has 1 unspecified atom stereocenters. The van der Waals surface area contributed by atoms with Crippen LogP contribution >= 0.6 is 27.5 Å². The van der Waals surface area contributed by atoms with E-state index in [4.69, 9.17) is 11.6 Å². The van der Waals surface area contributed by atoms with Crippen molar-refractivity contribution in [1.29, 1.82) is 0 Å². The molecule has 0 aliphatic carbocycles. The second-order valence-electron chi connectivity index (χ2n) is 3.83. The predicted octanol–water partition coefficient (Wildman–Crippen LogP) is 3.59. The first kappa shape index (κ1) is 13.5. The summed E-state index contributed by atoms with van der Waals surface area (Å²) in [5, 5.41) is 4.12. The monoisotopic (exact) mass is 325 g/mol. The van der Waals surface area contributed by atoms with E-state index < -0.39 is 0 Å². The molecular formula is C13H13BrClN3. The predicted molar refractivity (Wildman–Crippen MR) is 76.7 cm³/mol. The van der Waals surface area contributed by atoms with Gasteiger partial charge in [-0.25, -0.2) is 9.97 Å². The first-order valence-corrected chi connectivity index (χ1v) is 6.82. The molecule has 1 heterocycles. The first-order valence-electron chi connectivity index (χ1n) is 5.65. The highest BCUT2D eigenvalue weighted by Crippen LogP contribution is 2.29. The first-order chi connectivity index (χ1) is 8.72. The number of rotatable bonds is 4. The van der Waals surface area contributed by atoms with Crippen molar-refractivity contribution in [1.82, 2.24) is 15.3 Å². The largest absolute Gasteiger partial charge is 0.306 e. The lowest BCUT2D eigenvalue weighted by Crippen LogP contribution is -2.22. The highest BCUT2D eigenvalue weighted by molar-refractivity contribution is 9.10. The van der Waals surface area contributed by atoms with Crippen molar-refractivity contribution in [2.75, 3.05) is 6.54 Å². The molecule has 0 aliphatic rings. The SMILES string of the molecule is CCNC(c1cncnc1)c1ccc(Br)cc1Cl. The summed E-state index contributed by atoms with van der Waals surface area (Å²) >= 11 is 9.71. The zero-order valence-electron chi connectivity index (χ0n) is 9.90. The van der Waals surface area contributed by atoms with Crippen LogP contribution in [0.25, 0.3) is 0 Å². The maximum atomic E-state index is 6.30. The molecule has 0 saturated heterocycles. The summed E-state index contributed by atoms with van der Waals surface area (Å²) in [6.45, 7) is 2.90. The van der Waals surface area contributed by atoms with Crippen LogP contribution in [0.3, 0.4) is 0 Å². The second kappa shape index (κ2) is 6.27. The molecule has 1 N–H and O–H groups in total. The number of nitrogens with zero attached hydrogens (tertiary/aromatic N) is 2. The Morgan fingerprint density at radius 1 is 1.33 bits per heavy atom. The number of hydrogen-bond acceptors (Lipinski definition) is 3. The fraction of sp³-hybridized carbons (Fsp3) is 0.231. The van der Waals surface area contributed by atoms with E-state index in [-0.39, 0.29) is 6.04 Å². The smallest absolute Gasteiger partial charge is 0.115 e. The van der Waals surface area contributed by atoms with E-state index in [1.807, 2.05) is 18.2 Å². The zero-order valence-corrected chi connectivity index (χ0v) is 12.2. The molecule has 0 spiro atoms. The van der Waals surface area contributed by atoms with Gasteiger partial charge in [0.15, 0.2) is 0 Å². The average molecular weight is 327 g/mol. The van der Waals surface area contributed by atoms with Gasteiger partial charge < -0.3 is 5.32 Å². The highest BCUT2D eigenvalue weighted by Gasteiger charge is 2.16. The van der Waals surface area contributed by atoms with Gasteiger partial charge in [0.25, 0.3) is 0 Å². The third-order valence-corrected chi connectivity index (χ3v) is 3.42. The van der Waals surface area contributed by atoms with Crippen molar-refractivity contribution in [3.63, 3.8) is 0 Å². The molecule has 1 atom stereocenters. The number of hydrogen-bond donors (Lipinski definition) is 1. The highest BCUT2D eigenvalue weighted by atomic mass is 79.9. The molecule has 94 valence electrons. The summed E-state index contributed by atoms with van der Waals surface area (Å²) in [4.78, 5) is 8.11. The lowest BCUT2D eigenvalue weighted by molar-refractivity contribution is 0.626. The fourth-order valence-corrected chi connectivity index (χ4v) is 2.59. The van der Waals surface area contributed by atoms with E-state index >= 15 is 0 Å². The summed E-state index contributed by atoms with van der Waals surface area (Å²) in [6, 6.07) is 5.89. The Morgan fingerprint density at radius 3 is 2.67 bits per heavy atom. The van der Waals surface area contributed by atoms with Gasteiger partial charge in [-0.05, 0) is 24.2 Å². The Hall–Kier alpha value is -0.970. The molecule has 0 bridgehead atoms. The maximum absolute atomic E-state index is 6.30. The minimum absolute atomic E-state index is 0.0109. The summed E-state index contributed by atoms with van der Waals surface area (Å²) in [6.07, 6.45) is 5.13.